The highest BCUT2D eigenvalue weighted by Crippen LogP contribution is 2.49. The van der Waals surface area contributed by atoms with E-state index in [2.05, 4.69) is 25.8 Å². The largest absolute Gasteiger partial charge is 0.329 e. The second kappa shape index (κ2) is 5.85. The van der Waals surface area contributed by atoms with Crippen molar-refractivity contribution in [3.63, 3.8) is 0 Å². The fraction of sp³-hybridized carbons (Fsp3) is 1.00. The summed E-state index contributed by atoms with van der Waals surface area (Å²) in [4.78, 5) is 2.75. The summed E-state index contributed by atoms with van der Waals surface area (Å²) in [6, 6.07) is 0.777. The van der Waals surface area contributed by atoms with Crippen molar-refractivity contribution in [3.8, 4) is 0 Å². The molecule has 0 amide bonds. The van der Waals surface area contributed by atoms with Gasteiger partial charge in [-0.3, -0.25) is 4.90 Å². The lowest BCUT2D eigenvalue weighted by Crippen LogP contribution is -2.59. The van der Waals surface area contributed by atoms with Crippen LogP contribution in [0.4, 0.5) is 0 Å². The Labute approximate surface area is 131 Å². The highest BCUT2D eigenvalue weighted by atomic mass is 15.2. The van der Waals surface area contributed by atoms with Crippen LogP contribution in [0, 0.1) is 17.3 Å². The van der Waals surface area contributed by atoms with Crippen LogP contribution in [0.5, 0.6) is 0 Å². The minimum absolute atomic E-state index is 0.317. The molecular weight excluding hydrogens is 256 g/mol. The Bertz CT molecular complexity index is 351. The molecule has 2 nitrogen and oxygen atoms in total. The van der Waals surface area contributed by atoms with Crippen LogP contribution in [0.3, 0.4) is 0 Å². The van der Waals surface area contributed by atoms with Crippen molar-refractivity contribution >= 4 is 0 Å². The van der Waals surface area contributed by atoms with Gasteiger partial charge in [0.25, 0.3) is 0 Å². The molecule has 3 saturated carbocycles. The van der Waals surface area contributed by atoms with Crippen molar-refractivity contribution in [3.05, 3.63) is 0 Å². The summed E-state index contributed by atoms with van der Waals surface area (Å²) in [7, 11) is 2.39. The number of hydrogen-bond acceptors (Lipinski definition) is 2. The molecule has 21 heavy (non-hydrogen) atoms. The Balaban J connectivity index is 1.66. The summed E-state index contributed by atoms with van der Waals surface area (Å²) in [5.41, 5.74) is 7.22. The Kier molecular flexibility index (Phi) is 4.40. The average molecular weight is 293 g/mol. The van der Waals surface area contributed by atoms with Gasteiger partial charge >= 0.3 is 0 Å². The number of hydrogen-bond donors (Lipinski definition) is 1. The summed E-state index contributed by atoms with van der Waals surface area (Å²) in [5.74, 6) is 2.03. The SMILES string of the molecule is CN(C1CCC(C)(C)CC1)C1(CN)CCCC(C2CC2)C1. The van der Waals surface area contributed by atoms with Crippen LogP contribution in [0.15, 0.2) is 0 Å². The molecule has 0 radical (unpaired) electrons. The minimum Gasteiger partial charge on any atom is -0.329 e. The molecule has 3 rings (SSSR count). The van der Waals surface area contributed by atoms with Crippen molar-refractivity contribution in [1.29, 1.82) is 0 Å². The summed E-state index contributed by atoms with van der Waals surface area (Å²) in [6.45, 7) is 5.74. The van der Waals surface area contributed by atoms with Crippen molar-refractivity contribution in [2.75, 3.05) is 13.6 Å². The van der Waals surface area contributed by atoms with Gasteiger partial charge in [0, 0.05) is 18.1 Å². The van der Waals surface area contributed by atoms with Gasteiger partial charge in [-0.05, 0) is 75.7 Å². The van der Waals surface area contributed by atoms with Crippen molar-refractivity contribution in [2.45, 2.75) is 89.6 Å². The first-order valence-corrected chi connectivity index (χ1v) is 9.39. The van der Waals surface area contributed by atoms with Crippen molar-refractivity contribution < 1.29 is 0 Å². The molecule has 3 fully saturated rings. The number of nitrogens with two attached hydrogens (primary N) is 1. The van der Waals surface area contributed by atoms with E-state index in [4.69, 9.17) is 5.73 Å². The van der Waals surface area contributed by atoms with Crippen LogP contribution in [0.2, 0.25) is 0 Å². The van der Waals surface area contributed by atoms with Crippen molar-refractivity contribution in [2.24, 2.45) is 23.0 Å². The summed E-state index contributed by atoms with van der Waals surface area (Å²) in [5, 5.41) is 0. The molecule has 0 saturated heterocycles. The van der Waals surface area contributed by atoms with Crippen LogP contribution >= 0.6 is 0 Å². The predicted molar refractivity (Wildman–Crippen MR) is 90.3 cm³/mol. The first kappa shape index (κ1) is 15.8. The predicted octanol–water partition coefficient (Wildman–Crippen LogP) is 4.18. The molecule has 2 unspecified atom stereocenters. The highest BCUT2D eigenvalue weighted by molar-refractivity contribution is 5.01. The summed E-state index contributed by atoms with van der Waals surface area (Å²) in [6.07, 6.45) is 14.1. The Morgan fingerprint density at radius 2 is 1.62 bits per heavy atom. The topological polar surface area (TPSA) is 29.3 Å². The van der Waals surface area contributed by atoms with E-state index in [1.165, 1.54) is 64.2 Å². The molecule has 0 aromatic carbocycles. The third kappa shape index (κ3) is 3.32. The highest BCUT2D eigenvalue weighted by Gasteiger charge is 2.45. The molecular formula is C19H36N2. The van der Waals surface area contributed by atoms with Crippen LogP contribution in [-0.4, -0.2) is 30.1 Å². The first-order chi connectivity index (χ1) is 9.96. The molecule has 3 aliphatic carbocycles. The van der Waals surface area contributed by atoms with Gasteiger partial charge in [0.2, 0.25) is 0 Å². The van der Waals surface area contributed by atoms with E-state index in [0.717, 1.165) is 24.4 Å². The third-order valence-corrected chi connectivity index (χ3v) is 7.13. The Morgan fingerprint density at radius 3 is 2.19 bits per heavy atom. The Hall–Kier alpha value is -0.0800. The maximum atomic E-state index is 6.34. The molecule has 2 atom stereocenters. The number of rotatable bonds is 4. The van der Waals surface area contributed by atoms with E-state index in [9.17, 15) is 0 Å². The standard InChI is InChI=1S/C19H36N2/c1-18(2)11-8-17(9-12-18)21(3)19(14-20)10-4-5-16(13-19)15-6-7-15/h15-17H,4-14,20H2,1-3H3. The lowest BCUT2D eigenvalue weighted by Gasteiger charge is -2.52. The van der Waals surface area contributed by atoms with Crippen LogP contribution in [0.1, 0.15) is 78.1 Å². The smallest absolute Gasteiger partial charge is 0.0334 e. The van der Waals surface area contributed by atoms with E-state index >= 15 is 0 Å². The molecule has 0 aliphatic heterocycles. The Morgan fingerprint density at radius 1 is 0.952 bits per heavy atom. The molecule has 2 N–H and O–H groups in total. The summed E-state index contributed by atoms with van der Waals surface area (Å²) >= 11 is 0. The van der Waals surface area contributed by atoms with E-state index in [-0.39, 0.29) is 0 Å². The number of nitrogens with zero attached hydrogens (tertiary/aromatic N) is 1. The second-order valence-electron chi connectivity index (χ2n) is 9.13. The van der Waals surface area contributed by atoms with Gasteiger partial charge in [-0.1, -0.05) is 26.7 Å². The van der Waals surface area contributed by atoms with Gasteiger partial charge in [0.15, 0.2) is 0 Å². The van der Waals surface area contributed by atoms with Gasteiger partial charge in [-0.2, -0.15) is 0 Å². The molecule has 0 heterocycles. The quantitative estimate of drug-likeness (QED) is 0.842. The van der Waals surface area contributed by atoms with E-state index in [0.29, 0.717) is 11.0 Å². The normalized spacial score (nSPS) is 37.9. The van der Waals surface area contributed by atoms with E-state index in [1.807, 2.05) is 0 Å². The minimum atomic E-state index is 0.317. The van der Waals surface area contributed by atoms with Gasteiger partial charge in [0.1, 0.15) is 0 Å². The average Bonchev–Trinajstić information content (AvgIpc) is 3.31. The van der Waals surface area contributed by atoms with E-state index < -0.39 is 0 Å². The third-order valence-electron chi connectivity index (χ3n) is 7.13. The van der Waals surface area contributed by atoms with Gasteiger partial charge < -0.3 is 5.73 Å². The molecule has 0 spiro atoms. The van der Waals surface area contributed by atoms with Gasteiger partial charge in [-0.15, -0.1) is 0 Å². The molecule has 0 aromatic heterocycles. The monoisotopic (exact) mass is 292 g/mol. The van der Waals surface area contributed by atoms with E-state index in [1.54, 1.807) is 0 Å². The van der Waals surface area contributed by atoms with Gasteiger partial charge in [-0.25, -0.2) is 0 Å². The first-order valence-electron chi connectivity index (χ1n) is 9.39. The molecule has 0 aromatic rings. The van der Waals surface area contributed by atoms with Crippen LogP contribution in [0.25, 0.3) is 0 Å². The molecule has 0 bridgehead atoms. The van der Waals surface area contributed by atoms with Gasteiger partial charge in [0.05, 0.1) is 0 Å². The fourth-order valence-corrected chi connectivity index (χ4v) is 5.16. The second-order valence-corrected chi connectivity index (χ2v) is 9.13. The van der Waals surface area contributed by atoms with Crippen LogP contribution < -0.4 is 5.73 Å². The van der Waals surface area contributed by atoms with Crippen LogP contribution in [-0.2, 0) is 0 Å². The number of likely N-dealkylation sites (N-methyl/N-ethyl adjacent to an activating group) is 1. The zero-order valence-corrected chi connectivity index (χ0v) is 14.5. The zero-order chi connectivity index (χ0) is 15.1. The lowest BCUT2D eigenvalue weighted by molar-refractivity contribution is -0.00406. The lowest BCUT2D eigenvalue weighted by atomic mass is 9.70. The maximum absolute atomic E-state index is 6.34. The molecule has 2 heteroatoms. The molecule has 3 aliphatic rings. The zero-order valence-electron chi connectivity index (χ0n) is 14.5. The van der Waals surface area contributed by atoms with Crippen molar-refractivity contribution in [1.82, 2.24) is 4.90 Å². The maximum Gasteiger partial charge on any atom is 0.0334 e. The summed E-state index contributed by atoms with van der Waals surface area (Å²) < 4.78 is 0. The fourth-order valence-electron chi connectivity index (χ4n) is 5.16. The molecule has 122 valence electrons.